The first kappa shape index (κ1) is 13.9. The van der Waals surface area contributed by atoms with Gasteiger partial charge >= 0.3 is 5.97 Å². The fourth-order valence-electron chi connectivity index (χ4n) is 2.52. The van der Waals surface area contributed by atoms with Crippen LogP contribution in [0.25, 0.3) is 0 Å². The standard InChI is InChI=1S/C14H15BrN2O2/c1-14(13(18)19)6-2-3-7-17(14)11-5-4-10(9-16)12(15)8-11/h4-5,8H,2-3,6-7H2,1H3,(H,18,19). The summed E-state index contributed by atoms with van der Waals surface area (Å²) < 4.78 is 0.700. The molecule has 19 heavy (non-hydrogen) atoms. The van der Waals surface area contributed by atoms with E-state index >= 15 is 0 Å². The van der Waals surface area contributed by atoms with E-state index < -0.39 is 11.5 Å². The quantitative estimate of drug-likeness (QED) is 0.908. The van der Waals surface area contributed by atoms with Gasteiger partial charge in [-0.05, 0) is 60.3 Å². The van der Waals surface area contributed by atoms with Crippen LogP contribution in [0.15, 0.2) is 22.7 Å². The Morgan fingerprint density at radius 3 is 2.84 bits per heavy atom. The molecule has 5 heteroatoms. The van der Waals surface area contributed by atoms with Gasteiger partial charge in [0.05, 0.1) is 5.56 Å². The van der Waals surface area contributed by atoms with Crippen LogP contribution in [0.4, 0.5) is 5.69 Å². The summed E-state index contributed by atoms with van der Waals surface area (Å²) in [7, 11) is 0. The fourth-order valence-corrected chi connectivity index (χ4v) is 2.98. The van der Waals surface area contributed by atoms with E-state index in [-0.39, 0.29) is 0 Å². The number of benzene rings is 1. The Bertz CT molecular complexity index is 553. The normalized spacial score (nSPS) is 22.9. The average molecular weight is 323 g/mol. The first-order chi connectivity index (χ1) is 8.99. The Balaban J connectivity index is 2.41. The zero-order valence-corrected chi connectivity index (χ0v) is 12.3. The summed E-state index contributed by atoms with van der Waals surface area (Å²) in [6, 6.07) is 7.45. The van der Waals surface area contributed by atoms with Gasteiger partial charge in [0.25, 0.3) is 0 Å². The van der Waals surface area contributed by atoms with Crippen molar-refractivity contribution in [2.24, 2.45) is 0 Å². The molecule has 1 atom stereocenters. The summed E-state index contributed by atoms with van der Waals surface area (Å²) in [5.74, 6) is -0.798. The van der Waals surface area contributed by atoms with Crippen molar-refractivity contribution in [2.45, 2.75) is 31.7 Å². The molecule has 1 fully saturated rings. The third kappa shape index (κ3) is 2.45. The van der Waals surface area contributed by atoms with Gasteiger partial charge in [0.2, 0.25) is 0 Å². The molecule has 0 spiro atoms. The second-order valence-corrected chi connectivity index (χ2v) is 5.82. The molecule has 0 radical (unpaired) electrons. The Labute approximate surface area is 120 Å². The van der Waals surface area contributed by atoms with Crippen molar-refractivity contribution in [3.8, 4) is 6.07 Å². The number of anilines is 1. The molecule has 1 aliphatic rings. The summed E-state index contributed by atoms with van der Waals surface area (Å²) >= 11 is 3.35. The number of aliphatic carboxylic acids is 1. The topological polar surface area (TPSA) is 64.3 Å². The molecule has 100 valence electrons. The minimum absolute atomic E-state index is 0.554. The number of carboxylic acids is 1. The lowest BCUT2D eigenvalue weighted by Crippen LogP contribution is -2.55. The van der Waals surface area contributed by atoms with Crippen molar-refractivity contribution in [3.05, 3.63) is 28.2 Å². The second kappa shape index (κ2) is 5.22. The molecule has 1 N–H and O–H groups in total. The smallest absolute Gasteiger partial charge is 0.329 e. The summed E-state index contributed by atoms with van der Waals surface area (Å²) in [5.41, 5.74) is 0.527. The monoisotopic (exact) mass is 322 g/mol. The van der Waals surface area contributed by atoms with E-state index in [0.717, 1.165) is 25.1 Å². The number of hydrogen-bond donors (Lipinski definition) is 1. The molecule has 0 aliphatic carbocycles. The molecular weight excluding hydrogens is 308 g/mol. The first-order valence-electron chi connectivity index (χ1n) is 6.20. The molecule has 0 amide bonds. The van der Waals surface area contributed by atoms with E-state index in [4.69, 9.17) is 5.26 Å². The van der Waals surface area contributed by atoms with Crippen LogP contribution in [0, 0.1) is 11.3 Å². The summed E-state index contributed by atoms with van der Waals surface area (Å²) in [5, 5.41) is 18.4. The predicted molar refractivity (Wildman–Crippen MR) is 76.1 cm³/mol. The molecular formula is C14H15BrN2O2. The lowest BCUT2D eigenvalue weighted by atomic mass is 9.88. The lowest BCUT2D eigenvalue weighted by Gasteiger charge is -2.43. The van der Waals surface area contributed by atoms with Crippen LogP contribution in [0.1, 0.15) is 31.7 Å². The highest BCUT2D eigenvalue weighted by molar-refractivity contribution is 9.10. The fraction of sp³-hybridized carbons (Fsp3) is 0.429. The molecule has 2 rings (SSSR count). The van der Waals surface area contributed by atoms with Crippen molar-refractivity contribution in [1.29, 1.82) is 5.26 Å². The van der Waals surface area contributed by atoms with Crippen molar-refractivity contribution in [2.75, 3.05) is 11.4 Å². The number of carbonyl (C=O) groups is 1. The van der Waals surface area contributed by atoms with Crippen molar-refractivity contribution in [1.82, 2.24) is 0 Å². The van der Waals surface area contributed by atoms with Gasteiger partial charge in [-0.3, -0.25) is 0 Å². The van der Waals surface area contributed by atoms with Crippen LogP contribution in [-0.4, -0.2) is 23.2 Å². The highest BCUT2D eigenvalue weighted by atomic mass is 79.9. The minimum Gasteiger partial charge on any atom is -0.480 e. The van der Waals surface area contributed by atoms with Crippen LogP contribution >= 0.6 is 15.9 Å². The highest BCUT2D eigenvalue weighted by Gasteiger charge is 2.41. The zero-order valence-electron chi connectivity index (χ0n) is 10.7. The maximum absolute atomic E-state index is 11.6. The van der Waals surface area contributed by atoms with Gasteiger partial charge in [-0.15, -0.1) is 0 Å². The van der Waals surface area contributed by atoms with Gasteiger partial charge in [0, 0.05) is 16.7 Å². The lowest BCUT2D eigenvalue weighted by molar-refractivity contribution is -0.143. The molecule has 0 saturated carbocycles. The van der Waals surface area contributed by atoms with Gasteiger partial charge in [0.15, 0.2) is 0 Å². The van der Waals surface area contributed by atoms with E-state index in [2.05, 4.69) is 22.0 Å². The summed E-state index contributed by atoms with van der Waals surface area (Å²) in [6.07, 6.45) is 2.55. The molecule has 0 aromatic heterocycles. The van der Waals surface area contributed by atoms with E-state index in [1.54, 1.807) is 13.0 Å². The minimum atomic E-state index is -0.869. The number of rotatable bonds is 2. The van der Waals surface area contributed by atoms with E-state index in [1.807, 2.05) is 17.0 Å². The van der Waals surface area contributed by atoms with Crippen LogP contribution in [0.3, 0.4) is 0 Å². The summed E-state index contributed by atoms with van der Waals surface area (Å²) in [4.78, 5) is 13.5. The van der Waals surface area contributed by atoms with Gasteiger partial charge in [-0.2, -0.15) is 5.26 Å². The zero-order chi connectivity index (χ0) is 14.0. The first-order valence-corrected chi connectivity index (χ1v) is 6.99. The van der Waals surface area contributed by atoms with E-state index in [1.165, 1.54) is 0 Å². The van der Waals surface area contributed by atoms with Gasteiger partial charge in [-0.25, -0.2) is 4.79 Å². The van der Waals surface area contributed by atoms with Crippen LogP contribution in [0.2, 0.25) is 0 Å². The van der Waals surface area contributed by atoms with Crippen molar-refractivity contribution < 1.29 is 9.90 Å². The van der Waals surface area contributed by atoms with Crippen molar-refractivity contribution >= 4 is 27.6 Å². The Hall–Kier alpha value is -1.54. The van der Waals surface area contributed by atoms with Gasteiger partial charge in [0.1, 0.15) is 11.6 Å². The maximum atomic E-state index is 11.6. The molecule has 1 saturated heterocycles. The Morgan fingerprint density at radius 2 is 2.26 bits per heavy atom. The Kier molecular flexibility index (Phi) is 3.81. The van der Waals surface area contributed by atoms with Gasteiger partial charge < -0.3 is 10.0 Å². The third-order valence-corrected chi connectivity index (χ3v) is 4.39. The van der Waals surface area contributed by atoms with E-state index in [9.17, 15) is 9.90 Å². The SMILES string of the molecule is CC1(C(=O)O)CCCCN1c1ccc(C#N)c(Br)c1. The van der Waals surface area contributed by atoms with E-state index in [0.29, 0.717) is 16.5 Å². The number of nitriles is 1. The molecule has 1 heterocycles. The number of carboxylic acid groups (broad SMARTS) is 1. The van der Waals surface area contributed by atoms with Gasteiger partial charge in [-0.1, -0.05) is 0 Å². The number of hydrogen-bond acceptors (Lipinski definition) is 3. The largest absolute Gasteiger partial charge is 0.480 e. The van der Waals surface area contributed by atoms with Crippen LogP contribution in [0.5, 0.6) is 0 Å². The third-order valence-electron chi connectivity index (χ3n) is 3.74. The highest BCUT2D eigenvalue weighted by Crippen LogP contribution is 2.35. The molecule has 1 aromatic carbocycles. The number of halogens is 1. The molecule has 4 nitrogen and oxygen atoms in total. The summed E-state index contributed by atoms with van der Waals surface area (Å²) in [6.45, 7) is 2.49. The second-order valence-electron chi connectivity index (χ2n) is 4.96. The number of piperidine rings is 1. The molecule has 1 aromatic rings. The molecule has 1 aliphatic heterocycles. The predicted octanol–water partition coefficient (Wildman–Crippen LogP) is 3.15. The van der Waals surface area contributed by atoms with Crippen molar-refractivity contribution in [3.63, 3.8) is 0 Å². The molecule has 0 bridgehead atoms. The van der Waals surface area contributed by atoms with Crippen LogP contribution in [-0.2, 0) is 4.79 Å². The number of nitrogens with zero attached hydrogens (tertiary/aromatic N) is 2. The average Bonchev–Trinajstić information content (AvgIpc) is 2.39. The molecule has 1 unspecified atom stereocenters. The maximum Gasteiger partial charge on any atom is 0.329 e. The Morgan fingerprint density at radius 1 is 1.53 bits per heavy atom. The van der Waals surface area contributed by atoms with Crippen LogP contribution < -0.4 is 4.90 Å².